The highest BCUT2D eigenvalue weighted by atomic mass is 16.6. The van der Waals surface area contributed by atoms with Gasteiger partial charge < -0.3 is 0 Å². The third-order valence-electron chi connectivity index (χ3n) is 3.64. The molecule has 3 aromatic rings. The van der Waals surface area contributed by atoms with Gasteiger partial charge in [0.2, 0.25) is 0 Å². The van der Waals surface area contributed by atoms with Crippen LogP contribution in [-0.4, -0.2) is 14.5 Å². The summed E-state index contributed by atoms with van der Waals surface area (Å²) in [5.41, 5.74) is 1.09. The number of fused-ring (bicyclic) bond motifs is 1. The Hall–Kier alpha value is -3.02. The molecule has 1 aromatic heterocycles. The average Bonchev–Trinajstić information content (AvgIpc) is 2.56. The predicted molar refractivity (Wildman–Crippen MR) is 88.0 cm³/mol. The molecule has 0 saturated heterocycles. The molecule has 0 aliphatic rings. The summed E-state index contributed by atoms with van der Waals surface area (Å²) >= 11 is 0. The minimum absolute atomic E-state index is 0.00686. The monoisotopic (exact) mass is 309 g/mol. The normalized spacial score (nSPS) is 10.8. The molecule has 0 spiro atoms. The number of hydrogen-bond donors (Lipinski definition) is 0. The molecule has 0 fully saturated rings. The fraction of sp³-hybridized carbons (Fsp3) is 0.176. The molecule has 0 radical (unpaired) electrons. The second-order valence-electron chi connectivity index (χ2n) is 5.21. The molecule has 3 rings (SSSR count). The first-order valence-corrected chi connectivity index (χ1v) is 7.37. The van der Waals surface area contributed by atoms with Crippen LogP contribution in [0.25, 0.3) is 16.6 Å². The summed E-state index contributed by atoms with van der Waals surface area (Å²) in [5, 5.41) is 11.3. The summed E-state index contributed by atoms with van der Waals surface area (Å²) in [4.78, 5) is 27.7. The highest BCUT2D eigenvalue weighted by Gasteiger charge is 2.13. The van der Waals surface area contributed by atoms with Crippen molar-refractivity contribution in [3.05, 3.63) is 74.8 Å². The lowest BCUT2D eigenvalue weighted by atomic mass is 10.2. The molecule has 0 saturated carbocycles. The fourth-order valence-electron chi connectivity index (χ4n) is 2.56. The molecule has 0 bridgehead atoms. The Morgan fingerprint density at radius 1 is 1.13 bits per heavy atom. The van der Waals surface area contributed by atoms with E-state index in [-0.39, 0.29) is 11.2 Å². The molecule has 0 aliphatic carbocycles. The van der Waals surface area contributed by atoms with Gasteiger partial charge >= 0.3 is 0 Å². The number of nitro benzene ring substituents is 1. The molecule has 0 aliphatic heterocycles. The van der Waals surface area contributed by atoms with Gasteiger partial charge in [-0.15, -0.1) is 0 Å². The third kappa shape index (κ3) is 2.70. The van der Waals surface area contributed by atoms with E-state index < -0.39 is 4.92 Å². The van der Waals surface area contributed by atoms with Crippen molar-refractivity contribution in [3.8, 4) is 5.69 Å². The summed E-state index contributed by atoms with van der Waals surface area (Å²) in [6, 6.07) is 13.1. The van der Waals surface area contributed by atoms with E-state index in [2.05, 4.69) is 4.98 Å². The Kier molecular flexibility index (Phi) is 3.89. The van der Waals surface area contributed by atoms with Crippen molar-refractivity contribution >= 4 is 16.6 Å². The molecule has 6 nitrogen and oxygen atoms in total. The number of nitro groups is 1. The van der Waals surface area contributed by atoms with Crippen molar-refractivity contribution in [2.75, 3.05) is 0 Å². The predicted octanol–water partition coefficient (Wildman–Crippen LogP) is 3.25. The number of benzene rings is 2. The van der Waals surface area contributed by atoms with Gasteiger partial charge in [0.05, 0.1) is 21.5 Å². The van der Waals surface area contributed by atoms with Crippen molar-refractivity contribution in [1.82, 2.24) is 9.55 Å². The molecular weight excluding hydrogens is 294 g/mol. The van der Waals surface area contributed by atoms with Crippen molar-refractivity contribution in [3.63, 3.8) is 0 Å². The number of rotatable bonds is 4. The van der Waals surface area contributed by atoms with E-state index in [9.17, 15) is 14.9 Å². The lowest BCUT2D eigenvalue weighted by Gasteiger charge is -2.13. The van der Waals surface area contributed by atoms with Gasteiger partial charge in [-0.05, 0) is 30.7 Å². The first-order chi connectivity index (χ1) is 11.1. The fourth-order valence-corrected chi connectivity index (χ4v) is 2.56. The second-order valence-corrected chi connectivity index (χ2v) is 5.21. The van der Waals surface area contributed by atoms with E-state index in [0.717, 1.165) is 6.42 Å². The third-order valence-corrected chi connectivity index (χ3v) is 3.64. The second kappa shape index (κ2) is 6.00. The van der Waals surface area contributed by atoms with Crippen molar-refractivity contribution in [1.29, 1.82) is 0 Å². The Bertz CT molecular complexity index is 930. The maximum absolute atomic E-state index is 12.8. The molecule has 2 aromatic carbocycles. The molecule has 0 atom stereocenters. The van der Waals surface area contributed by atoms with Crippen molar-refractivity contribution < 1.29 is 4.92 Å². The summed E-state index contributed by atoms with van der Waals surface area (Å²) in [7, 11) is 0. The van der Waals surface area contributed by atoms with Crippen molar-refractivity contribution in [2.45, 2.75) is 19.8 Å². The zero-order valence-electron chi connectivity index (χ0n) is 12.6. The number of nitrogens with zero attached hydrogens (tertiary/aromatic N) is 3. The maximum Gasteiger partial charge on any atom is 0.269 e. The summed E-state index contributed by atoms with van der Waals surface area (Å²) in [6.45, 7) is 2.02. The topological polar surface area (TPSA) is 78.0 Å². The zero-order valence-corrected chi connectivity index (χ0v) is 12.6. The van der Waals surface area contributed by atoms with E-state index in [1.54, 1.807) is 24.3 Å². The number of non-ortho nitro benzene ring substituents is 1. The molecule has 23 heavy (non-hydrogen) atoms. The maximum atomic E-state index is 12.8. The highest BCUT2D eigenvalue weighted by molar-refractivity contribution is 5.77. The smallest absolute Gasteiger partial charge is 0.268 e. The lowest BCUT2D eigenvalue weighted by Crippen LogP contribution is -2.23. The van der Waals surface area contributed by atoms with Gasteiger partial charge in [0.15, 0.2) is 0 Å². The molecule has 1 heterocycles. The number of para-hydroxylation sites is 1. The van der Waals surface area contributed by atoms with Crippen LogP contribution in [0.1, 0.15) is 19.2 Å². The van der Waals surface area contributed by atoms with E-state index in [1.165, 1.54) is 16.7 Å². The summed E-state index contributed by atoms with van der Waals surface area (Å²) < 4.78 is 1.54. The van der Waals surface area contributed by atoms with Crippen LogP contribution in [0, 0.1) is 10.1 Å². The Balaban J connectivity index is 2.26. The van der Waals surface area contributed by atoms with Gasteiger partial charge in [0, 0.05) is 18.6 Å². The average molecular weight is 309 g/mol. The van der Waals surface area contributed by atoms with Crippen LogP contribution in [0.4, 0.5) is 5.69 Å². The van der Waals surface area contributed by atoms with Crippen LogP contribution < -0.4 is 5.56 Å². The van der Waals surface area contributed by atoms with Gasteiger partial charge in [-0.2, -0.15) is 0 Å². The van der Waals surface area contributed by atoms with Crippen LogP contribution in [0.2, 0.25) is 0 Å². The van der Waals surface area contributed by atoms with Gasteiger partial charge in [0.25, 0.3) is 11.2 Å². The van der Waals surface area contributed by atoms with Crippen LogP contribution in [-0.2, 0) is 6.42 Å². The SMILES string of the molecule is CCCc1nc2ccccc2c(=O)n1-c1ccc([N+](=O)[O-])cc1. The molecular formula is C17H15N3O3. The van der Waals surface area contributed by atoms with Gasteiger partial charge in [-0.1, -0.05) is 19.1 Å². The quantitative estimate of drug-likeness (QED) is 0.547. The minimum atomic E-state index is -0.460. The molecule has 6 heteroatoms. The first kappa shape index (κ1) is 14.9. The standard InChI is InChI=1S/C17H15N3O3/c1-2-5-16-18-15-7-4-3-6-14(15)17(21)19(16)12-8-10-13(11-9-12)20(22)23/h3-4,6-11H,2,5H2,1H3. The first-order valence-electron chi connectivity index (χ1n) is 7.37. The van der Waals surface area contributed by atoms with E-state index in [0.29, 0.717) is 28.8 Å². The summed E-state index contributed by atoms with van der Waals surface area (Å²) in [5.74, 6) is 0.657. The summed E-state index contributed by atoms with van der Waals surface area (Å²) in [6.07, 6.45) is 1.49. The van der Waals surface area contributed by atoms with Crippen LogP contribution >= 0.6 is 0 Å². The largest absolute Gasteiger partial charge is 0.269 e. The molecule has 0 N–H and O–H groups in total. The van der Waals surface area contributed by atoms with Crippen LogP contribution in [0.3, 0.4) is 0 Å². The van der Waals surface area contributed by atoms with Gasteiger partial charge in [-0.25, -0.2) is 4.98 Å². The van der Waals surface area contributed by atoms with E-state index >= 15 is 0 Å². The Morgan fingerprint density at radius 2 is 1.83 bits per heavy atom. The Morgan fingerprint density at radius 3 is 2.48 bits per heavy atom. The van der Waals surface area contributed by atoms with Gasteiger partial charge in [-0.3, -0.25) is 19.5 Å². The Labute approximate surface area is 132 Å². The molecule has 116 valence electrons. The lowest BCUT2D eigenvalue weighted by molar-refractivity contribution is -0.384. The highest BCUT2D eigenvalue weighted by Crippen LogP contribution is 2.17. The number of hydrogen-bond acceptors (Lipinski definition) is 4. The van der Waals surface area contributed by atoms with Crippen LogP contribution in [0.15, 0.2) is 53.3 Å². The number of aromatic nitrogens is 2. The van der Waals surface area contributed by atoms with Gasteiger partial charge in [0.1, 0.15) is 5.82 Å². The van der Waals surface area contributed by atoms with E-state index in [4.69, 9.17) is 0 Å². The number of aryl methyl sites for hydroxylation is 1. The van der Waals surface area contributed by atoms with Crippen molar-refractivity contribution in [2.24, 2.45) is 0 Å². The van der Waals surface area contributed by atoms with E-state index in [1.807, 2.05) is 19.1 Å². The molecule has 0 amide bonds. The molecule has 0 unspecified atom stereocenters. The van der Waals surface area contributed by atoms with Crippen LogP contribution in [0.5, 0.6) is 0 Å². The minimum Gasteiger partial charge on any atom is -0.268 e. The zero-order chi connectivity index (χ0) is 16.4.